The van der Waals surface area contributed by atoms with E-state index < -0.39 is 24.0 Å². The number of nitrogens with zero attached hydrogens (tertiary/aromatic N) is 1. The summed E-state index contributed by atoms with van der Waals surface area (Å²) < 4.78 is 16.3. The van der Waals surface area contributed by atoms with Gasteiger partial charge < -0.3 is 24.8 Å². The molecule has 2 N–H and O–H groups in total. The highest BCUT2D eigenvalue weighted by molar-refractivity contribution is 9.10. The second-order valence-electron chi connectivity index (χ2n) is 6.39. The number of hydrogen-bond acceptors (Lipinski definition) is 7. The van der Waals surface area contributed by atoms with Crippen molar-refractivity contribution in [2.45, 2.75) is 13.0 Å². The van der Waals surface area contributed by atoms with Crippen molar-refractivity contribution >= 4 is 33.9 Å². The van der Waals surface area contributed by atoms with Gasteiger partial charge in [-0.1, -0.05) is 12.1 Å². The monoisotopic (exact) mass is 489 g/mol. The molecule has 3 rings (SSSR count). The predicted octanol–water partition coefficient (Wildman–Crippen LogP) is 2.88. The number of carbonyl (C=O) groups is 3. The average molecular weight is 490 g/mol. The van der Waals surface area contributed by atoms with Crippen molar-refractivity contribution in [1.29, 1.82) is 0 Å². The fourth-order valence-corrected chi connectivity index (χ4v) is 3.34. The van der Waals surface area contributed by atoms with Gasteiger partial charge in [0.15, 0.2) is 0 Å². The number of esters is 2. The van der Waals surface area contributed by atoms with Crippen LogP contribution in [0.25, 0.3) is 0 Å². The van der Waals surface area contributed by atoms with Crippen LogP contribution in [0.5, 0.6) is 5.75 Å². The van der Waals surface area contributed by atoms with Crippen LogP contribution in [0.3, 0.4) is 0 Å². The van der Waals surface area contributed by atoms with Crippen LogP contribution in [-0.4, -0.2) is 43.3 Å². The highest BCUT2D eigenvalue weighted by Gasteiger charge is 2.34. The third-order valence-electron chi connectivity index (χ3n) is 4.39. The number of ether oxygens (including phenoxy) is 3. The lowest BCUT2D eigenvalue weighted by molar-refractivity contribution is -0.139. The number of hydrogen-bond donors (Lipinski definition) is 2. The largest absolute Gasteiger partial charge is 0.497 e. The molecule has 1 unspecified atom stereocenters. The Balaban J connectivity index is 1.92. The second-order valence-corrected chi connectivity index (χ2v) is 7.30. The zero-order valence-corrected chi connectivity index (χ0v) is 18.4. The predicted molar refractivity (Wildman–Crippen MR) is 113 cm³/mol. The zero-order valence-electron chi connectivity index (χ0n) is 16.8. The number of amides is 2. The average Bonchev–Trinajstić information content (AvgIpc) is 2.77. The van der Waals surface area contributed by atoms with Gasteiger partial charge in [-0.25, -0.2) is 14.4 Å². The highest BCUT2D eigenvalue weighted by Crippen LogP contribution is 2.29. The summed E-state index contributed by atoms with van der Waals surface area (Å²) in [5, 5.41) is 5.26. The fourth-order valence-electron chi connectivity index (χ4n) is 2.97. The minimum Gasteiger partial charge on any atom is -0.497 e. The normalized spacial score (nSPS) is 15.6. The van der Waals surface area contributed by atoms with E-state index in [9.17, 15) is 14.4 Å². The molecular weight excluding hydrogens is 470 g/mol. The molecule has 2 aromatic rings. The molecule has 1 aliphatic heterocycles. The molecule has 1 aromatic heterocycles. The minimum absolute atomic E-state index is 0.138. The van der Waals surface area contributed by atoms with E-state index in [1.54, 1.807) is 44.4 Å². The maximum Gasteiger partial charge on any atom is 0.340 e. The molecule has 0 bridgehead atoms. The summed E-state index contributed by atoms with van der Waals surface area (Å²) in [6, 6.07) is 7.11. The molecule has 162 valence electrons. The lowest BCUT2D eigenvalue weighted by Crippen LogP contribution is -2.47. The number of nitrogens with one attached hydrogen (secondary N) is 2. The molecule has 31 heavy (non-hydrogen) atoms. The molecule has 1 atom stereocenters. The SMILES string of the molecule is CCOC(=O)C1=C(COC(=O)c2cncc(Br)c2)NC(=O)NC1c1ccc(OC)cc1. The van der Waals surface area contributed by atoms with Crippen molar-refractivity contribution in [2.75, 3.05) is 20.3 Å². The van der Waals surface area contributed by atoms with E-state index in [1.807, 2.05) is 0 Å². The molecule has 0 fully saturated rings. The number of pyridine rings is 1. The van der Waals surface area contributed by atoms with E-state index in [-0.39, 0.29) is 30.0 Å². The summed E-state index contributed by atoms with van der Waals surface area (Å²) in [4.78, 5) is 41.3. The molecule has 2 heterocycles. The van der Waals surface area contributed by atoms with Crippen molar-refractivity contribution in [3.8, 4) is 5.75 Å². The number of carbonyl (C=O) groups excluding carboxylic acids is 3. The van der Waals surface area contributed by atoms with Crippen LogP contribution in [0.2, 0.25) is 0 Å². The Morgan fingerprint density at radius 1 is 1.13 bits per heavy atom. The van der Waals surface area contributed by atoms with Gasteiger partial charge in [0.25, 0.3) is 0 Å². The van der Waals surface area contributed by atoms with Crippen LogP contribution in [0.1, 0.15) is 28.9 Å². The maximum absolute atomic E-state index is 12.7. The van der Waals surface area contributed by atoms with Crippen LogP contribution in [-0.2, 0) is 14.3 Å². The first-order valence-electron chi connectivity index (χ1n) is 9.32. The van der Waals surface area contributed by atoms with Crippen molar-refractivity contribution in [1.82, 2.24) is 15.6 Å². The lowest BCUT2D eigenvalue weighted by atomic mass is 9.95. The maximum atomic E-state index is 12.7. The van der Waals surface area contributed by atoms with E-state index in [1.165, 1.54) is 12.4 Å². The topological polar surface area (TPSA) is 116 Å². The molecular formula is C21H20BrN3O6. The van der Waals surface area contributed by atoms with Gasteiger partial charge in [0.2, 0.25) is 0 Å². The van der Waals surface area contributed by atoms with Gasteiger partial charge >= 0.3 is 18.0 Å². The lowest BCUT2D eigenvalue weighted by Gasteiger charge is -2.29. The Morgan fingerprint density at radius 2 is 1.87 bits per heavy atom. The second kappa shape index (κ2) is 10.1. The zero-order chi connectivity index (χ0) is 22.4. The quantitative estimate of drug-likeness (QED) is 0.574. The molecule has 0 radical (unpaired) electrons. The van der Waals surface area contributed by atoms with Crippen molar-refractivity contribution in [3.63, 3.8) is 0 Å². The first-order valence-corrected chi connectivity index (χ1v) is 10.1. The Hall–Kier alpha value is -3.40. The number of methoxy groups -OCH3 is 1. The first kappa shape index (κ1) is 22.3. The molecule has 10 heteroatoms. The molecule has 2 amide bonds. The summed E-state index contributed by atoms with van der Waals surface area (Å²) in [7, 11) is 1.54. The first-order chi connectivity index (χ1) is 14.9. The van der Waals surface area contributed by atoms with Gasteiger partial charge in [0, 0.05) is 16.9 Å². The third-order valence-corrected chi connectivity index (χ3v) is 4.82. The van der Waals surface area contributed by atoms with Gasteiger partial charge in [-0.2, -0.15) is 0 Å². The standard InChI is InChI=1S/C21H20BrN3O6/c1-3-30-20(27)17-16(11-31-19(26)13-8-14(22)10-23-9-13)24-21(28)25-18(17)12-4-6-15(29-2)7-5-12/h4-10,18H,3,11H2,1-2H3,(H2,24,25,28). The molecule has 1 aromatic carbocycles. The van der Waals surface area contributed by atoms with Crippen molar-refractivity contribution in [2.24, 2.45) is 0 Å². The van der Waals surface area contributed by atoms with Crippen LogP contribution in [0.15, 0.2) is 58.5 Å². The van der Waals surface area contributed by atoms with Crippen LogP contribution < -0.4 is 15.4 Å². The number of aromatic nitrogens is 1. The Morgan fingerprint density at radius 3 is 2.52 bits per heavy atom. The van der Waals surface area contributed by atoms with Crippen LogP contribution in [0.4, 0.5) is 4.79 Å². The number of halogens is 1. The van der Waals surface area contributed by atoms with Gasteiger partial charge in [0.1, 0.15) is 12.4 Å². The number of urea groups is 1. The molecule has 0 aliphatic carbocycles. The van der Waals surface area contributed by atoms with E-state index in [0.29, 0.717) is 15.8 Å². The molecule has 0 saturated heterocycles. The van der Waals surface area contributed by atoms with E-state index >= 15 is 0 Å². The van der Waals surface area contributed by atoms with Crippen LogP contribution in [0, 0.1) is 0 Å². The smallest absolute Gasteiger partial charge is 0.340 e. The molecule has 0 spiro atoms. The Bertz CT molecular complexity index is 1020. The molecule has 1 aliphatic rings. The Kier molecular flexibility index (Phi) is 7.24. The van der Waals surface area contributed by atoms with E-state index in [0.717, 1.165) is 0 Å². The van der Waals surface area contributed by atoms with Crippen molar-refractivity contribution in [3.05, 3.63) is 69.6 Å². The van der Waals surface area contributed by atoms with Crippen molar-refractivity contribution < 1.29 is 28.6 Å². The van der Waals surface area contributed by atoms with Gasteiger partial charge in [-0.3, -0.25) is 4.98 Å². The van der Waals surface area contributed by atoms with Gasteiger partial charge in [0.05, 0.1) is 36.6 Å². The van der Waals surface area contributed by atoms with Crippen LogP contribution >= 0.6 is 15.9 Å². The summed E-state index contributed by atoms with van der Waals surface area (Å²) in [6.07, 6.45) is 2.89. The number of benzene rings is 1. The molecule has 0 saturated carbocycles. The van der Waals surface area contributed by atoms with Gasteiger partial charge in [-0.05, 0) is 46.6 Å². The van der Waals surface area contributed by atoms with Gasteiger partial charge in [-0.15, -0.1) is 0 Å². The van der Waals surface area contributed by atoms with E-state index in [2.05, 4.69) is 31.5 Å². The Labute approximate surface area is 186 Å². The summed E-state index contributed by atoms with van der Waals surface area (Å²) in [5.41, 5.74) is 1.14. The third kappa shape index (κ3) is 5.40. The summed E-state index contributed by atoms with van der Waals surface area (Å²) in [5.74, 6) is -0.660. The fraction of sp³-hybridized carbons (Fsp3) is 0.238. The minimum atomic E-state index is -0.792. The summed E-state index contributed by atoms with van der Waals surface area (Å²) in [6.45, 7) is 1.48. The number of rotatable bonds is 7. The van der Waals surface area contributed by atoms with E-state index in [4.69, 9.17) is 14.2 Å². The highest BCUT2D eigenvalue weighted by atomic mass is 79.9. The molecule has 9 nitrogen and oxygen atoms in total. The summed E-state index contributed by atoms with van der Waals surface area (Å²) >= 11 is 3.24.